The Bertz CT molecular complexity index is 1620. The number of rotatable bonds is 6. The molecule has 174 valence electrons. The van der Waals surface area contributed by atoms with E-state index in [1.54, 1.807) is 12.1 Å². The number of thioether (sulfide) groups is 1. The Hall–Kier alpha value is -4.04. The number of fused-ring (bicyclic) bond motifs is 4. The second-order valence-corrected chi connectivity index (χ2v) is 9.09. The number of hydrogen-bond acceptors (Lipinski definition) is 7. The van der Waals surface area contributed by atoms with Gasteiger partial charge in [-0.2, -0.15) is 0 Å². The van der Waals surface area contributed by atoms with E-state index in [1.165, 1.54) is 11.8 Å². The summed E-state index contributed by atoms with van der Waals surface area (Å²) in [6, 6.07) is 21.0. The van der Waals surface area contributed by atoms with Gasteiger partial charge in [0.1, 0.15) is 12.2 Å². The minimum Gasteiger partial charge on any atom is -0.485 e. The Morgan fingerprint density at radius 2 is 1.89 bits per heavy atom. The molecule has 0 amide bonds. The zero-order valence-corrected chi connectivity index (χ0v) is 19.5. The zero-order valence-electron chi connectivity index (χ0n) is 18.7. The van der Waals surface area contributed by atoms with Crippen molar-refractivity contribution >= 4 is 33.5 Å². The van der Waals surface area contributed by atoms with Crippen molar-refractivity contribution in [3.63, 3.8) is 0 Å². The van der Waals surface area contributed by atoms with Gasteiger partial charge in [0.25, 0.3) is 0 Å². The highest BCUT2D eigenvalue weighted by molar-refractivity contribution is 7.98. The van der Waals surface area contributed by atoms with Crippen LogP contribution in [0.2, 0.25) is 0 Å². The quantitative estimate of drug-likeness (QED) is 0.136. The maximum Gasteiger partial charge on any atom is 0.336 e. The van der Waals surface area contributed by atoms with Crippen LogP contribution >= 0.6 is 11.8 Å². The summed E-state index contributed by atoms with van der Waals surface area (Å²) in [5.74, 6) is 2.59. The molecule has 1 atom stereocenters. The highest BCUT2D eigenvalue weighted by atomic mass is 32.2. The number of hydrogen-bond donors (Lipinski definition) is 0. The van der Waals surface area contributed by atoms with Crippen molar-refractivity contribution in [2.45, 2.75) is 23.6 Å². The van der Waals surface area contributed by atoms with Crippen LogP contribution in [0.5, 0.6) is 11.5 Å². The molecule has 0 aliphatic carbocycles. The van der Waals surface area contributed by atoms with Gasteiger partial charge in [0.05, 0.1) is 0 Å². The molecule has 0 N–H and O–H groups in total. The van der Waals surface area contributed by atoms with Gasteiger partial charge in [-0.05, 0) is 34.5 Å². The molecule has 3 aromatic carbocycles. The molecule has 0 spiro atoms. The molecule has 1 aliphatic heterocycles. The molecule has 0 radical (unpaired) electrons. The lowest BCUT2D eigenvalue weighted by Gasteiger charge is -2.26. The lowest BCUT2D eigenvalue weighted by molar-refractivity contribution is 0.0821. The molecule has 7 nitrogen and oxygen atoms in total. The van der Waals surface area contributed by atoms with Crippen LogP contribution in [-0.4, -0.2) is 21.4 Å². The summed E-state index contributed by atoms with van der Waals surface area (Å²) in [6.45, 7) is 4.75. The number of benzene rings is 3. The van der Waals surface area contributed by atoms with Gasteiger partial charge in [-0.3, -0.25) is 4.57 Å². The normalized spacial score (nSPS) is 14.9. The van der Waals surface area contributed by atoms with Crippen molar-refractivity contribution in [3.05, 3.63) is 101 Å². The largest absolute Gasteiger partial charge is 0.485 e. The molecule has 0 saturated carbocycles. The van der Waals surface area contributed by atoms with E-state index in [0.717, 1.165) is 27.5 Å². The molecule has 5 aromatic rings. The fraction of sp³-hybridized carbons (Fsp3) is 0.148. The van der Waals surface area contributed by atoms with Crippen molar-refractivity contribution in [3.8, 4) is 11.5 Å². The first-order chi connectivity index (χ1) is 17.2. The monoisotopic (exact) mass is 483 g/mol. The van der Waals surface area contributed by atoms with Crippen molar-refractivity contribution in [2.24, 2.45) is 0 Å². The summed E-state index contributed by atoms with van der Waals surface area (Å²) in [5.41, 5.74) is 1.09. The number of para-hydroxylation sites is 2. The number of aromatic nitrogens is 3. The Morgan fingerprint density at radius 3 is 2.77 bits per heavy atom. The van der Waals surface area contributed by atoms with E-state index >= 15 is 0 Å². The fourth-order valence-corrected chi connectivity index (χ4v) is 5.30. The molecule has 3 heterocycles. The van der Waals surface area contributed by atoms with E-state index in [1.807, 2.05) is 65.2 Å². The average molecular weight is 484 g/mol. The first kappa shape index (κ1) is 21.5. The smallest absolute Gasteiger partial charge is 0.336 e. The predicted molar refractivity (Wildman–Crippen MR) is 135 cm³/mol. The summed E-state index contributed by atoms with van der Waals surface area (Å²) < 4.78 is 19.5. The van der Waals surface area contributed by atoms with E-state index in [2.05, 4.69) is 16.8 Å². The van der Waals surface area contributed by atoms with Crippen LogP contribution in [0.4, 0.5) is 0 Å². The maximum absolute atomic E-state index is 12.3. The minimum atomic E-state index is -0.389. The minimum absolute atomic E-state index is 0.341. The van der Waals surface area contributed by atoms with Gasteiger partial charge in [-0.15, -0.1) is 16.8 Å². The lowest BCUT2D eigenvalue weighted by atomic mass is 10.0. The molecule has 8 heteroatoms. The molecule has 1 unspecified atom stereocenters. The Labute approximate surface area is 205 Å². The van der Waals surface area contributed by atoms with Gasteiger partial charge in [0.2, 0.25) is 0 Å². The third kappa shape index (κ3) is 3.95. The van der Waals surface area contributed by atoms with Gasteiger partial charge in [-0.25, -0.2) is 4.79 Å². The summed E-state index contributed by atoms with van der Waals surface area (Å²) in [7, 11) is 0. The Kier molecular flexibility index (Phi) is 5.50. The van der Waals surface area contributed by atoms with E-state index in [-0.39, 0.29) is 11.7 Å². The average Bonchev–Trinajstić information content (AvgIpc) is 3.29. The topological polar surface area (TPSA) is 79.4 Å². The van der Waals surface area contributed by atoms with Gasteiger partial charge in [0, 0.05) is 23.8 Å². The van der Waals surface area contributed by atoms with Crippen LogP contribution in [-0.2, 0) is 12.3 Å². The zero-order chi connectivity index (χ0) is 23.8. The van der Waals surface area contributed by atoms with Crippen LogP contribution in [0.25, 0.3) is 21.7 Å². The van der Waals surface area contributed by atoms with Crippen molar-refractivity contribution < 1.29 is 13.9 Å². The van der Waals surface area contributed by atoms with Crippen molar-refractivity contribution in [1.29, 1.82) is 0 Å². The number of nitrogens with zero attached hydrogens (tertiary/aromatic N) is 3. The predicted octanol–water partition coefficient (Wildman–Crippen LogP) is 5.53. The highest BCUT2D eigenvalue weighted by Crippen LogP contribution is 2.37. The first-order valence-electron chi connectivity index (χ1n) is 11.2. The SMILES string of the molecule is C=CCn1c(SCc2cc(=O)oc3ccc4ccccc4c23)nnc1C1COc2ccccc2O1. The molecular weight excluding hydrogens is 462 g/mol. The molecule has 0 bridgehead atoms. The van der Waals surface area contributed by atoms with Crippen LogP contribution in [0.3, 0.4) is 0 Å². The van der Waals surface area contributed by atoms with E-state index in [4.69, 9.17) is 13.9 Å². The van der Waals surface area contributed by atoms with Crippen molar-refractivity contribution in [1.82, 2.24) is 14.8 Å². The molecule has 0 fully saturated rings. The Morgan fingerprint density at radius 1 is 1.06 bits per heavy atom. The van der Waals surface area contributed by atoms with Crippen molar-refractivity contribution in [2.75, 3.05) is 6.61 Å². The second kappa shape index (κ2) is 8.96. The van der Waals surface area contributed by atoms with Crippen LogP contribution in [0.1, 0.15) is 17.5 Å². The molecule has 35 heavy (non-hydrogen) atoms. The maximum atomic E-state index is 12.3. The third-order valence-corrected chi connectivity index (χ3v) is 6.94. The van der Waals surface area contributed by atoms with Gasteiger partial charge >= 0.3 is 5.63 Å². The van der Waals surface area contributed by atoms with Gasteiger partial charge < -0.3 is 13.9 Å². The first-order valence-corrected chi connectivity index (χ1v) is 12.2. The fourth-order valence-electron chi connectivity index (χ4n) is 4.37. The number of allylic oxidation sites excluding steroid dienone is 1. The van der Waals surface area contributed by atoms with Crippen LogP contribution in [0, 0.1) is 0 Å². The second-order valence-electron chi connectivity index (χ2n) is 8.14. The Balaban J connectivity index is 1.34. The molecule has 6 rings (SSSR count). The van der Waals surface area contributed by atoms with Crippen LogP contribution < -0.4 is 15.1 Å². The number of ether oxygens (including phenoxy) is 2. The van der Waals surface area contributed by atoms with Gasteiger partial charge in [0.15, 0.2) is 28.6 Å². The van der Waals surface area contributed by atoms with E-state index in [0.29, 0.717) is 41.2 Å². The lowest BCUT2D eigenvalue weighted by Crippen LogP contribution is -2.25. The summed E-state index contributed by atoms with van der Waals surface area (Å²) in [6.07, 6.45) is 1.41. The van der Waals surface area contributed by atoms with E-state index < -0.39 is 0 Å². The third-order valence-electron chi connectivity index (χ3n) is 5.93. The summed E-state index contributed by atoms with van der Waals surface area (Å²) >= 11 is 1.51. The standard InChI is InChI=1S/C27H21N3O4S/c1-2-13-30-26(23-15-32-20-9-5-6-10-21(20)33-23)28-29-27(30)35-16-18-14-24(31)34-22-12-11-17-7-3-4-8-19(17)25(18)22/h2-12,14,23H,1,13,15-16H2. The highest BCUT2D eigenvalue weighted by Gasteiger charge is 2.28. The molecular formula is C27H21N3O4S. The molecule has 0 saturated heterocycles. The van der Waals surface area contributed by atoms with Gasteiger partial charge in [-0.1, -0.05) is 60.3 Å². The summed E-state index contributed by atoms with van der Waals surface area (Å²) in [5, 5.41) is 12.7. The van der Waals surface area contributed by atoms with E-state index in [9.17, 15) is 4.79 Å². The summed E-state index contributed by atoms with van der Waals surface area (Å²) in [4.78, 5) is 12.3. The molecule has 2 aromatic heterocycles. The van der Waals surface area contributed by atoms with Crippen LogP contribution in [0.15, 0.2) is 93.8 Å². The molecule has 1 aliphatic rings.